The van der Waals surface area contributed by atoms with Crippen LogP contribution in [0.5, 0.6) is 0 Å². The molecule has 0 aliphatic heterocycles. The summed E-state index contributed by atoms with van der Waals surface area (Å²) in [6, 6.07) is 15.0. The number of hydrogen-bond donors (Lipinski definition) is 2. The van der Waals surface area contributed by atoms with Crippen molar-refractivity contribution in [1.29, 1.82) is 0 Å². The van der Waals surface area contributed by atoms with Crippen LogP contribution < -0.4 is 11.2 Å². The molecular weight excluding hydrogens is 304 g/mol. The third kappa shape index (κ3) is 2.25. The second-order valence-electron chi connectivity index (χ2n) is 5.63. The van der Waals surface area contributed by atoms with Crippen LogP contribution >= 0.6 is 0 Å². The predicted octanol–water partition coefficient (Wildman–Crippen LogP) is 2.36. The van der Waals surface area contributed by atoms with Crippen molar-refractivity contribution in [2.45, 2.75) is 6.92 Å². The SMILES string of the molecule is Cc1ccc2[nH]c3c(=O)n(N=Cc4ccccc4)c(=O)[nH]c3c2c1. The number of aromatic amines is 2. The number of rotatable bonds is 2. The van der Waals surface area contributed by atoms with Crippen molar-refractivity contribution >= 4 is 28.2 Å². The Hall–Kier alpha value is -3.41. The van der Waals surface area contributed by atoms with Gasteiger partial charge in [0.05, 0.1) is 11.7 Å². The minimum absolute atomic E-state index is 0.334. The maximum Gasteiger partial charge on any atom is 0.350 e. The molecule has 0 atom stereocenters. The maximum absolute atomic E-state index is 12.6. The lowest BCUT2D eigenvalue weighted by molar-refractivity contribution is 0.770. The van der Waals surface area contributed by atoms with Crippen LogP contribution in [0.3, 0.4) is 0 Å². The van der Waals surface area contributed by atoms with Crippen molar-refractivity contribution in [2.75, 3.05) is 0 Å². The second-order valence-corrected chi connectivity index (χ2v) is 5.63. The molecule has 6 heteroatoms. The molecule has 0 saturated carbocycles. The number of aromatic nitrogens is 3. The van der Waals surface area contributed by atoms with Crippen molar-refractivity contribution in [3.8, 4) is 0 Å². The fourth-order valence-corrected chi connectivity index (χ4v) is 2.72. The molecule has 0 fully saturated rings. The molecule has 6 nitrogen and oxygen atoms in total. The molecule has 0 aliphatic carbocycles. The minimum Gasteiger partial charge on any atom is -0.349 e. The molecule has 0 bridgehead atoms. The number of nitrogens with one attached hydrogen (secondary N) is 2. The predicted molar refractivity (Wildman–Crippen MR) is 94.9 cm³/mol. The highest BCUT2D eigenvalue weighted by molar-refractivity contribution is 6.04. The molecule has 24 heavy (non-hydrogen) atoms. The lowest BCUT2D eigenvalue weighted by Gasteiger charge is -1.98. The van der Waals surface area contributed by atoms with Crippen LogP contribution in [-0.4, -0.2) is 20.9 Å². The van der Waals surface area contributed by atoms with Gasteiger partial charge in [-0.25, -0.2) is 4.79 Å². The normalized spacial score (nSPS) is 11.7. The standard InChI is InChI=1S/C18H14N4O2/c1-11-7-8-14-13(9-11)15-16(20-14)17(23)22(18(24)21-15)19-10-12-5-3-2-4-6-12/h2-10,20H,1H3,(H,21,24). The van der Waals surface area contributed by atoms with Gasteiger partial charge in [0.2, 0.25) is 0 Å². The fraction of sp³-hybridized carbons (Fsp3) is 0.0556. The Morgan fingerprint density at radius 3 is 2.58 bits per heavy atom. The zero-order valence-corrected chi connectivity index (χ0v) is 12.9. The lowest BCUT2D eigenvalue weighted by Crippen LogP contribution is -2.32. The summed E-state index contributed by atoms with van der Waals surface area (Å²) in [7, 11) is 0. The van der Waals surface area contributed by atoms with Crippen LogP contribution in [0.1, 0.15) is 11.1 Å². The quantitative estimate of drug-likeness (QED) is 0.556. The molecule has 0 saturated heterocycles. The first-order chi connectivity index (χ1) is 11.6. The Morgan fingerprint density at radius 1 is 1.00 bits per heavy atom. The molecule has 2 heterocycles. The van der Waals surface area contributed by atoms with Crippen molar-refractivity contribution in [2.24, 2.45) is 5.10 Å². The van der Waals surface area contributed by atoms with E-state index in [1.807, 2.05) is 55.5 Å². The summed E-state index contributed by atoms with van der Waals surface area (Å²) in [6.07, 6.45) is 1.48. The molecule has 0 amide bonds. The number of hydrogen-bond acceptors (Lipinski definition) is 3. The first-order valence-electron chi connectivity index (χ1n) is 7.50. The third-order valence-corrected chi connectivity index (χ3v) is 3.91. The molecular formula is C18H14N4O2. The Bertz CT molecular complexity index is 1200. The van der Waals surface area contributed by atoms with Crippen molar-refractivity contribution in [1.82, 2.24) is 14.6 Å². The zero-order valence-electron chi connectivity index (χ0n) is 12.9. The summed E-state index contributed by atoms with van der Waals surface area (Å²) in [5, 5.41) is 4.85. The summed E-state index contributed by atoms with van der Waals surface area (Å²) in [5.41, 5.74) is 2.45. The summed E-state index contributed by atoms with van der Waals surface area (Å²) < 4.78 is 0.831. The van der Waals surface area contributed by atoms with Gasteiger partial charge in [0.25, 0.3) is 0 Å². The van der Waals surface area contributed by atoms with E-state index >= 15 is 0 Å². The van der Waals surface area contributed by atoms with Gasteiger partial charge in [-0.1, -0.05) is 42.0 Å². The largest absolute Gasteiger partial charge is 0.350 e. The van der Waals surface area contributed by atoms with E-state index in [4.69, 9.17) is 0 Å². The van der Waals surface area contributed by atoms with Crippen molar-refractivity contribution in [3.63, 3.8) is 0 Å². The second kappa shape index (κ2) is 5.34. The van der Waals surface area contributed by atoms with Gasteiger partial charge in [-0.15, -0.1) is 4.68 Å². The van der Waals surface area contributed by atoms with E-state index in [-0.39, 0.29) is 0 Å². The number of H-pyrrole nitrogens is 2. The minimum atomic E-state index is -0.568. The number of fused-ring (bicyclic) bond motifs is 3. The Labute approximate surface area is 136 Å². The third-order valence-electron chi connectivity index (χ3n) is 3.91. The van der Waals surface area contributed by atoms with E-state index in [2.05, 4.69) is 15.1 Å². The monoisotopic (exact) mass is 318 g/mol. The summed E-state index contributed by atoms with van der Waals surface area (Å²) in [6.45, 7) is 1.96. The van der Waals surface area contributed by atoms with Crippen LogP contribution in [-0.2, 0) is 0 Å². The van der Waals surface area contributed by atoms with E-state index in [0.717, 1.165) is 26.7 Å². The van der Waals surface area contributed by atoms with E-state index in [9.17, 15) is 9.59 Å². The van der Waals surface area contributed by atoms with Crippen LogP contribution in [0.2, 0.25) is 0 Å². The van der Waals surface area contributed by atoms with E-state index in [0.29, 0.717) is 11.0 Å². The fourth-order valence-electron chi connectivity index (χ4n) is 2.72. The van der Waals surface area contributed by atoms with Crippen LogP contribution in [0.4, 0.5) is 0 Å². The number of aryl methyl sites for hydroxylation is 1. The first-order valence-corrected chi connectivity index (χ1v) is 7.50. The average molecular weight is 318 g/mol. The lowest BCUT2D eigenvalue weighted by atomic mass is 10.2. The first kappa shape index (κ1) is 14.2. The molecule has 4 aromatic rings. The van der Waals surface area contributed by atoms with E-state index < -0.39 is 11.2 Å². The molecule has 2 aromatic heterocycles. The summed E-state index contributed by atoms with van der Waals surface area (Å²) >= 11 is 0. The van der Waals surface area contributed by atoms with Crippen molar-refractivity contribution in [3.05, 3.63) is 80.5 Å². The highest BCUT2D eigenvalue weighted by atomic mass is 16.2. The smallest absolute Gasteiger partial charge is 0.349 e. The molecule has 0 unspecified atom stereocenters. The van der Waals surface area contributed by atoms with Crippen LogP contribution in [0, 0.1) is 6.92 Å². The summed E-state index contributed by atoms with van der Waals surface area (Å²) in [4.78, 5) is 30.7. The van der Waals surface area contributed by atoms with Gasteiger partial charge in [0.15, 0.2) is 0 Å². The molecule has 118 valence electrons. The maximum atomic E-state index is 12.6. The molecule has 2 aromatic carbocycles. The highest BCUT2D eigenvalue weighted by Gasteiger charge is 2.12. The van der Waals surface area contributed by atoms with Crippen molar-refractivity contribution < 1.29 is 0 Å². The van der Waals surface area contributed by atoms with Gasteiger partial charge in [-0.05, 0) is 24.6 Å². The van der Waals surface area contributed by atoms with E-state index in [1.54, 1.807) is 0 Å². The Morgan fingerprint density at radius 2 is 1.79 bits per heavy atom. The van der Waals surface area contributed by atoms with Gasteiger partial charge in [0.1, 0.15) is 5.52 Å². The topological polar surface area (TPSA) is 83.0 Å². The van der Waals surface area contributed by atoms with Crippen LogP contribution in [0.15, 0.2) is 63.2 Å². The number of nitrogens with zero attached hydrogens (tertiary/aromatic N) is 2. The number of benzene rings is 2. The Balaban J connectivity index is 1.95. The highest BCUT2D eigenvalue weighted by Crippen LogP contribution is 2.21. The molecule has 0 radical (unpaired) electrons. The molecule has 2 N–H and O–H groups in total. The molecule has 4 rings (SSSR count). The molecule has 0 spiro atoms. The van der Waals surface area contributed by atoms with Gasteiger partial charge in [-0.3, -0.25) is 4.79 Å². The van der Waals surface area contributed by atoms with Gasteiger partial charge in [-0.2, -0.15) is 5.10 Å². The van der Waals surface area contributed by atoms with Gasteiger partial charge in [0, 0.05) is 10.9 Å². The Kier molecular flexibility index (Phi) is 3.16. The zero-order chi connectivity index (χ0) is 16.7. The van der Waals surface area contributed by atoms with Gasteiger partial charge < -0.3 is 9.97 Å². The van der Waals surface area contributed by atoms with Gasteiger partial charge >= 0.3 is 11.2 Å². The average Bonchev–Trinajstić information content (AvgIpc) is 2.94. The van der Waals surface area contributed by atoms with Crippen LogP contribution in [0.25, 0.3) is 21.9 Å². The van der Waals surface area contributed by atoms with E-state index in [1.165, 1.54) is 6.21 Å². The molecule has 0 aliphatic rings. The summed E-state index contributed by atoms with van der Waals surface area (Å²) in [5.74, 6) is 0.